The van der Waals surface area contributed by atoms with Crippen molar-refractivity contribution in [2.45, 2.75) is 37.1 Å². The lowest BCUT2D eigenvalue weighted by molar-refractivity contribution is 0.0611. The molecule has 1 heterocycles. The SMILES string of the molecule is CS(=O)(=O)CCN(C(=O)c1cccnc1)C1CCC(CN)(c2cccc(Cl)c2)CC1.Cl. The van der Waals surface area contributed by atoms with Gasteiger partial charge in [-0.3, -0.25) is 9.78 Å². The lowest BCUT2D eigenvalue weighted by atomic mass is 9.68. The van der Waals surface area contributed by atoms with Gasteiger partial charge in [-0.2, -0.15) is 0 Å². The molecule has 1 aromatic heterocycles. The molecule has 0 saturated heterocycles. The maximum atomic E-state index is 13.2. The zero-order valence-electron chi connectivity index (χ0n) is 17.5. The van der Waals surface area contributed by atoms with E-state index in [4.69, 9.17) is 17.3 Å². The number of nitrogens with zero attached hydrogens (tertiary/aromatic N) is 2. The molecule has 1 amide bonds. The van der Waals surface area contributed by atoms with Crippen molar-refractivity contribution in [1.82, 2.24) is 9.88 Å². The number of halogens is 2. The number of carbonyl (C=O) groups is 1. The third-order valence-corrected chi connectivity index (χ3v) is 7.21. The molecule has 3 rings (SSSR count). The van der Waals surface area contributed by atoms with Gasteiger partial charge >= 0.3 is 0 Å². The molecule has 31 heavy (non-hydrogen) atoms. The van der Waals surface area contributed by atoms with Crippen molar-refractivity contribution < 1.29 is 13.2 Å². The second-order valence-corrected chi connectivity index (χ2v) is 10.8. The first kappa shape index (κ1) is 25.6. The van der Waals surface area contributed by atoms with Gasteiger partial charge in [-0.25, -0.2) is 8.42 Å². The quantitative estimate of drug-likeness (QED) is 0.647. The van der Waals surface area contributed by atoms with Crippen molar-refractivity contribution >= 4 is 39.8 Å². The summed E-state index contributed by atoms with van der Waals surface area (Å²) in [4.78, 5) is 18.9. The van der Waals surface area contributed by atoms with Crippen LogP contribution in [0.4, 0.5) is 0 Å². The van der Waals surface area contributed by atoms with E-state index in [9.17, 15) is 13.2 Å². The van der Waals surface area contributed by atoms with Crippen LogP contribution >= 0.6 is 24.0 Å². The fraction of sp³-hybridized carbons (Fsp3) is 0.455. The zero-order valence-corrected chi connectivity index (χ0v) is 19.9. The Balaban J connectivity index is 0.00000341. The van der Waals surface area contributed by atoms with Gasteiger partial charge in [-0.1, -0.05) is 23.7 Å². The molecule has 6 nitrogen and oxygen atoms in total. The second kappa shape index (κ2) is 10.8. The third kappa shape index (κ3) is 6.42. The van der Waals surface area contributed by atoms with Gasteiger partial charge in [0.2, 0.25) is 0 Å². The largest absolute Gasteiger partial charge is 0.335 e. The minimum absolute atomic E-state index is 0. The van der Waals surface area contributed by atoms with Crippen LogP contribution in [0, 0.1) is 0 Å². The smallest absolute Gasteiger partial charge is 0.255 e. The van der Waals surface area contributed by atoms with Crippen LogP contribution < -0.4 is 5.73 Å². The molecule has 0 bridgehead atoms. The predicted molar refractivity (Wildman–Crippen MR) is 127 cm³/mol. The van der Waals surface area contributed by atoms with E-state index < -0.39 is 9.84 Å². The molecule has 170 valence electrons. The van der Waals surface area contributed by atoms with Crippen LogP contribution in [0.25, 0.3) is 0 Å². The highest BCUT2D eigenvalue weighted by Crippen LogP contribution is 2.41. The topological polar surface area (TPSA) is 93.4 Å². The van der Waals surface area contributed by atoms with Crippen LogP contribution in [0.2, 0.25) is 5.02 Å². The van der Waals surface area contributed by atoms with Gasteiger partial charge < -0.3 is 10.6 Å². The average Bonchev–Trinajstić information content (AvgIpc) is 2.74. The Bertz CT molecular complexity index is 979. The van der Waals surface area contributed by atoms with Crippen LogP contribution in [-0.2, 0) is 15.3 Å². The van der Waals surface area contributed by atoms with Crippen molar-refractivity contribution in [3.63, 3.8) is 0 Å². The Kier molecular flexibility index (Phi) is 8.89. The highest BCUT2D eigenvalue weighted by Gasteiger charge is 2.39. The summed E-state index contributed by atoms with van der Waals surface area (Å²) in [6.07, 6.45) is 7.44. The molecule has 0 unspecified atom stereocenters. The van der Waals surface area contributed by atoms with E-state index in [-0.39, 0.29) is 42.1 Å². The summed E-state index contributed by atoms with van der Waals surface area (Å²) in [5, 5.41) is 0.684. The molecule has 1 aliphatic rings. The van der Waals surface area contributed by atoms with Crippen molar-refractivity contribution in [2.24, 2.45) is 5.73 Å². The molecule has 1 aromatic carbocycles. The van der Waals surface area contributed by atoms with Gasteiger partial charge in [0, 0.05) is 48.2 Å². The molecule has 2 N–H and O–H groups in total. The van der Waals surface area contributed by atoms with E-state index in [0.29, 0.717) is 17.1 Å². The lowest BCUT2D eigenvalue weighted by Gasteiger charge is -2.43. The maximum Gasteiger partial charge on any atom is 0.255 e. The third-order valence-electron chi connectivity index (χ3n) is 6.05. The van der Waals surface area contributed by atoms with Gasteiger partial charge in [-0.05, 0) is 55.5 Å². The van der Waals surface area contributed by atoms with Crippen molar-refractivity contribution in [3.8, 4) is 0 Å². The molecule has 0 atom stereocenters. The second-order valence-electron chi connectivity index (χ2n) is 8.10. The molecule has 1 aliphatic carbocycles. The number of pyridine rings is 1. The highest BCUT2D eigenvalue weighted by atomic mass is 35.5. The average molecular weight is 486 g/mol. The Morgan fingerprint density at radius 2 is 1.97 bits per heavy atom. The summed E-state index contributed by atoms with van der Waals surface area (Å²) in [6, 6.07) is 11.2. The van der Waals surface area contributed by atoms with Crippen molar-refractivity contribution in [1.29, 1.82) is 0 Å². The fourth-order valence-electron chi connectivity index (χ4n) is 4.27. The molecule has 2 aromatic rings. The summed E-state index contributed by atoms with van der Waals surface area (Å²) >= 11 is 6.20. The lowest BCUT2D eigenvalue weighted by Crippen LogP contribution is -2.48. The number of sulfone groups is 1. The van der Waals surface area contributed by atoms with Crippen LogP contribution in [0.3, 0.4) is 0 Å². The number of amides is 1. The minimum Gasteiger partial charge on any atom is -0.335 e. The predicted octanol–water partition coefficient (Wildman–Crippen LogP) is 3.48. The molecule has 0 radical (unpaired) electrons. The van der Waals surface area contributed by atoms with Crippen molar-refractivity contribution in [3.05, 3.63) is 64.9 Å². The van der Waals surface area contributed by atoms with E-state index in [2.05, 4.69) is 11.1 Å². The van der Waals surface area contributed by atoms with E-state index in [0.717, 1.165) is 31.2 Å². The van der Waals surface area contributed by atoms with Crippen molar-refractivity contribution in [2.75, 3.05) is 25.1 Å². The van der Waals surface area contributed by atoms with Gasteiger partial charge in [0.1, 0.15) is 9.84 Å². The Hall–Kier alpha value is -1.67. The van der Waals surface area contributed by atoms with Gasteiger partial charge in [0.05, 0.1) is 11.3 Å². The molecular weight excluding hydrogens is 457 g/mol. The molecule has 0 spiro atoms. The molecule has 0 aliphatic heterocycles. The normalized spacial score (nSPS) is 21.2. The van der Waals surface area contributed by atoms with Gasteiger partial charge in [0.25, 0.3) is 5.91 Å². The number of aromatic nitrogens is 1. The number of nitrogens with two attached hydrogens (primary N) is 1. The minimum atomic E-state index is -3.19. The molecular formula is C22H29Cl2N3O3S. The zero-order chi connectivity index (χ0) is 21.8. The summed E-state index contributed by atoms with van der Waals surface area (Å²) in [5.74, 6) is -0.244. The summed E-state index contributed by atoms with van der Waals surface area (Å²) in [7, 11) is -3.19. The summed E-state index contributed by atoms with van der Waals surface area (Å²) < 4.78 is 23.5. The van der Waals surface area contributed by atoms with Crippen LogP contribution in [-0.4, -0.2) is 55.3 Å². The first-order chi connectivity index (χ1) is 14.2. The Morgan fingerprint density at radius 3 is 2.52 bits per heavy atom. The number of hydrogen-bond acceptors (Lipinski definition) is 5. The molecule has 1 saturated carbocycles. The molecule has 1 fully saturated rings. The molecule has 9 heteroatoms. The number of carbonyl (C=O) groups excluding carboxylic acids is 1. The van der Waals surface area contributed by atoms with E-state index in [1.807, 2.05) is 18.2 Å². The maximum absolute atomic E-state index is 13.2. The fourth-order valence-corrected chi connectivity index (χ4v) is 4.98. The Labute approximate surface area is 195 Å². The monoisotopic (exact) mass is 485 g/mol. The highest BCUT2D eigenvalue weighted by molar-refractivity contribution is 7.90. The summed E-state index contributed by atoms with van der Waals surface area (Å²) in [6.45, 7) is 0.671. The first-order valence-corrected chi connectivity index (χ1v) is 12.5. The van der Waals surface area contributed by atoms with E-state index in [1.54, 1.807) is 23.2 Å². The standard InChI is InChI=1S/C22H28ClN3O3S.ClH/c1-30(28,29)13-12-26(21(27)17-4-3-11-25-15-17)20-7-9-22(16-24,10-8-20)18-5-2-6-19(23)14-18;/h2-6,11,14-15,20H,7-10,12-13,16,24H2,1H3;1H. The van der Waals surface area contributed by atoms with Crippen LogP contribution in [0.1, 0.15) is 41.6 Å². The van der Waals surface area contributed by atoms with Gasteiger partial charge in [0.15, 0.2) is 0 Å². The van der Waals surface area contributed by atoms with Gasteiger partial charge in [-0.15, -0.1) is 12.4 Å². The number of rotatable bonds is 7. The van der Waals surface area contributed by atoms with Crippen LogP contribution in [0.15, 0.2) is 48.8 Å². The first-order valence-electron chi connectivity index (χ1n) is 10.1. The Morgan fingerprint density at radius 1 is 1.26 bits per heavy atom. The van der Waals surface area contributed by atoms with E-state index in [1.165, 1.54) is 12.5 Å². The van der Waals surface area contributed by atoms with E-state index >= 15 is 0 Å². The number of hydrogen-bond donors (Lipinski definition) is 1. The van der Waals surface area contributed by atoms with Crippen LogP contribution in [0.5, 0.6) is 0 Å². The number of benzene rings is 1. The summed E-state index contributed by atoms with van der Waals surface area (Å²) in [5.41, 5.74) is 7.61.